The van der Waals surface area contributed by atoms with Crippen LogP contribution in [0.25, 0.3) is 0 Å². The van der Waals surface area contributed by atoms with Gasteiger partial charge in [-0.15, -0.1) is 0 Å². The number of nitrogens with zero attached hydrogens (tertiary/aromatic N) is 3. The minimum absolute atomic E-state index is 0.0693. The number of likely N-dealkylation sites (tertiary alicyclic amines) is 1. The number of amides is 3. The third-order valence-electron chi connectivity index (χ3n) is 6.61. The van der Waals surface area contributed by atoms with Crippen molar-refractivity contribution in [1.82, 2.24) is 25.1 Å². The molecule has 32 heavy (non-hydrogen) atoms. The summed E-state index contributed by atoms with van der Waals surface area (Å²) < 4.78 is 7.65. The monoisotopic (exact) mass is 447 g/mol. The van der Waals surface area contributed by atoms with Crippen LogP contribution in [0.2, 0.25) is 0 Å². The van der Waals surface area contributed by atoms with Crippen LogP contribution in [-0.4, -0.2) is 70.6 Å². The highest BCUT2D eigenvalue weighted by molar-refractivity contribution is 5.90. The molecule has 1 spiro atoms. The zero-order valence-corrected chi connectivity index (χ0v) is 19.3. The summed E-state index contributed by atoms with van der Waals surface area (Å²) in [5, 5.41) is 5.83. The number of carbonyl (C=O) groups is 3. The number of hydrogen-bond acceptors (Lipinski definition) is 5. The lowest BCUT2D eigenvalue weighted by Gasteiger charge is -2.41. The van der Waals surface area contributed by atoms with E-state index in [2.05, 4.69) is 15.6 Å². The van der Waals surface area contributed by atoms with Crippen molar-refractivity contribution < 1.29 is 19.1 Å². The summed E-state index contributed by atoms with van der Waals surface area (Å²) in [5.74, 6) is -0.130. The van der Waals surface area contributed by atoms with Crippen LogP contribution in [0.3, 0.4) is 0 Å². The maximum absolute atomic E-state index is 13.3. The second kappa shape index (κ2) is 11.4. The van der Waals surface area contributed by atoms with Crippen LogP contribution in [0, 0.1) is 5.41 Å². The minimum atomic E-state index is -0.606. The molecule has 0 aromatic carbocycles. The average molecular weight is 448 g/mol. The van der Waals surface area contributed by atoms with E-state index in [1.165, 1.54) is 0 Å². The van der Waals surface area contributed by atoms with E-state index in [1.807, 2.05) is 22.6 Å². The van der Waals surface area contributed by atoms with Crippen LogP contribution in [0.5, 0.6) is 0 Å². The molecule has 0 aliphatic carbocycles. The summed E-state index contributed by atoms with van der Waals surface area (Å²) in [4.78, 5) is 44.3. The molecule has 9 heteroatoms. The Morgan fingerprint density at radius 1 is 1.19 bits per heavy atom. The van der Waals surface area contributed by atoms with E-state index in [4.69, 9.17) is 4.74 Å². The van der Waals surface area contributed by atoms with E-state index in [1.54, 1.807) is 19.4 Å². The lowest BCUT2D eigenvalue weighted by atomic mass is 9.73. The molecule has 3 heterocycles. The summed E-state index contributed by atoms with van der Waals surface area (Å²) in [6.07, 6.45) is 10.4. The maximum atomic E-state index is 13.3. The molecule has 2 N–H and O–H groups in total. The van der Waals surface area contributed by atoms with E-state index in [0.717, 1.165) is 32.2 Å². The first-order valence-corrected chi connectivity index (χ1v) is 11.8. The van der Waals surface area contributed by atoms with Gasteiger partial charge in [-0.3, -0.25) is 14.4 Å². The van der Waals surface area contributed by atoms with Crippen LogP contribution in [0.15, 0.2) is 18.7 Å². The number of nitrogens with one attached hydrogen (secondary N) is 2. The van der Waals surface area contributed by atoms with Gasteiger partial charge >= 0.3 is 0 Å². The fourth-order valence-electron chi connectivity index (χ4n) is 4.52. The summed E-state index contributed by atoms with van der Waals surface area (Å²) >= 11 is 0. The zero-order chi connectivity index (χ0) is 23.0. The van der Waals surface area contributed by atoms with Gasteiger partial charge in [0.25, 0.3) is 0 Å². The maximum Gasteiger partial charge on any atom is 0.242 e. The first-order valence-electron chi connectivity index (χ1n) is 11.8. The molecular formula is C23H37N5O4. The van der Waals surface area contributed by atoms with Gasteiger partial charge < -0.3 is 24.8 Å². The Balaban J connectivity index is 1.56. The molecule has 9 nitrogen and oxygen atoms in total. The predicted molar refractivity (Wildman–Crippen MR) is 120 cm³/mol. The normalized spacial score (nSPS) is 25.2. The third kappa shape index (κ3) is 6.54. The first-order chi connectivity index (χ1) is 15.4. The van der Waals surface area contributed by atoms with Crippen LogP contribution < -0.4 is 10.6 Å². The van der Waals surface area contributed by atoms with Gasteiger partial charge in [0.1, 0.15) is 6.04 Å². The Bertz CT molecular complexity index is 758. The summed E-state index contributed by atoms with van der Waals surface area (Å²) in [6, 6.07) is -0.704. The van der Waals surface area contributed by atoms with Crippen molar-refractivity contribution >= 4 is 17.7 Å². The number of hydrogen-bond donors (Lipinski definition) is 2. The van der Waals surface area contributed by atoms with E-state index in [9.17, 15) is 14.4 Å². The molecule has 2 fully saturated rings. The molecule has 0 radical (unpaired) electrons. The zero-order valence-electron chi connectivity index (χ0n) is 19.3. The molecule has 2 aliphatic heterocycles. The molecule has 3 amide bonds. The van der Waals surface area contributed by atoms with E-state index in [-0.39, 0.29) is 23.8 Å². The Labute approximate surface area is 190 Å². The van der Waals surface area contributed by atoms with Crippen LogP contribution >= 0.6 is 0 Å². The Morgan fingerprint density at radius 2 is 1.97 bits per heavy atom. The topological polar surface area (TPSA) is 106 Å². The van der Waals surface area contributed by atoms with Crippen molar-refractivity contribution in [2.45, 2.75) is 77.4 Å². The smallest absolute Gasteiger partial charge is 0.242 e. The van der Waals surface area contributed by atoms with Gasteiger partial charge in [-0.25, -0.2) is 4.98 Å². The van der Waals surface area contributed by atoms with Crippen LogP contribution in [0.4, 0.5) is 0 Å². The SMILES string of the molecule is C[C@@H]1NC(=O)C2(CCCCOC[C@H](C)NC1=O)CCN(C(=O)CCCn1ccnc1)CC2. The molecule has 2 atom stereocenters. The molecule has 1 aromatic rings. The van der Waals surface area contributed by atoms with E-state index in [0.29, 0.717) is 45.6 Å². The minimum Gasteiger partial charge on any atom is -0.379 e. The lowest BCUT2D eigenvalue weighted by Crippen LogP contribution is -2.55. The number of aromatic nitrogens is 2. The second-order valence-corrected chi connectivity index (χ2v) is 9.20. The number of ether oxygens (including phenoxy) is 1. The lowest BCUT2D eigenvalue weighted by molar-refractivity contribution is -0.142. The molecular weight excluding hydrogens is 410 g/mol. The largest absolute Gasteiger partial charge is 0.379 e. The quantitative estimate of drug-likeness (QED) is 0.727. The van der Waals surface area contributed by atoms with Gasteiger partial charge in [-0.2, -0.15) is 0 Å². The van der Waals surface area contributed by atoms with Gasteiger partial charge in [0.05, 0.1) is 18.3 Å². The standard InChI is InChI=1S/C23H37N5O4/c1-18-16-32-15-4-3-7-23(22(31)26-19(2)21(30)25-18)8-12-28(13-9-23)20(29)6-5-11-27-14-10-24-17-27/h10,14,17-19H,3-9,11-13,15-16H2,1-2H3,(H,25,30)(H,26,31)/t18-,19-/m0/s1. The Morgan fingerprint density at radius 3 is 2.69 bits per heavy atom. The van der Waals surface area contributed by atoms with E-state index < -0.39 is 11.5 Å². The molecule has 2 saturated heterocycles. The van der Waals surface area contributed by atoms with Gasteiger partial charge in [-0.05, 0) is 46.0 Å². The second-order valence-electron chi connectivity index (χ2n) is 9.20. The van der Waals surface area contributed by atoms with Crippen molar-refractivity contribution in [2.24, 2.45) is 5.41 Å². The van der Waals surface area contributed by atoms with Gasteiger partial charge in [-0.1, -0.05) is 6.42 Å². The van der Waals surface area contributed by atoms with Crippen molar-refractivity contribution in [3.8, 4) is 0 Å². The van der Waals surface area contributed by atoms with Crippen molar-refractivity contribution in [2.75, 3.05) is 26.3 Å². The fourth-order valence-corrected chi connectivity index (χ4v) is 4.52. The number of rotatable bonds is 4. The molecule has 3 rings (SSSR count). The summed E-state index contributed by atoms with van der Waals surface area (Å²) in [7, 11) is 0. The third-order valence-corrected chi connectivity index (χ3v) is 6.61. The highest BCUT2D eigenvalue weighted by Crippen LogP contribution is 2.37. The Kier molecular flexibility index (Phi) is 8.67. The van der Waals surface area contributed by atoms with E-state index >= 15 is 0 Å². The van der Waals surface area contributed by atoms with Crippen molar-refractivity contribution in [3.63, 3.8) is 0 Å². The molecule has 0 saturated carbocycles. The molecule has 2 aliphatic rings. The molecule has 178 valence electrons. The number of piperidine rings is 1. The highest BCUT2D eigenvalue weighted by Gasteiger charge is 2.42. The fraction of sp³-hybridized carbons (Fsp3) is 0.739. The van der Waals surface area contributed by atoms with Crippen molar-refractivity contribution in [3.05, 3.63) is 18.7 Å². The first kappa shape index (κ1) is 24.2. The van der Waals surface area contributed by atoms with Gasteiger partial charge in [0.15, 0.2) is 0 Å². The highest BCUT2D eigenvalue weighted by atomic mass is 16.5. The predicted octanol–water partition coefficient (Wildman–Crippen LogP) is 1.48. The molecule has 0 bridgehead atoms. The van der Waals surface area contributed by atoms with Crippen LogP contribution in [0.1, 0.15) is 58.8 Å². The summed E-state index contributed by atoms with van der Waals surface area (Å²) in [6.45, 7) is 6.62. The Hall–Kier alpha value is -2.42. The van der Waals surface area contributed by atoms with Gasteiger partial charge in [0, 0.05) is 51.1 Å². The number of carbonyl (C=O) groups excluding carboxylic acids is 3. The number of aryl methyl sites for hydroxylation is 1. The average Bonchev–Trinajstić information content (AvgIpc) is 3.29. The van der Waals surface area contributed by atoms with Gasteiger partial charge in [0.2, 0.25) is 17.7 Å². The summed E-state index contributed by atoms with van der Waals surface area (Å²) in [5.41, 5.74) is -0.540. The van der Waals surface area contributed by atoms with Crippen molar-refractivity contribution in [1.29, 1.82) is 0 Å². The molecule has 0 unspecified atom stereocenters. The molecule has 1 aromatic heterocycles. The van der Waals surface area contributed by atoms with Crippen LogP contribution in [-0.2, 0) is 25.7 Å². The number of imidazole rings is 1.